The van der Waals surface area contributed by atoms with Crippen LogP contribution in [0.1, 0.15) is 23.7 Å². The van der Waals surface area contributed by atoms with Crippen LogP contribution in [-0.4, -0.2) is 35.8 Å². The van der Waals surface area contributed by atoms with E-state index in [4.69, 9.17) is 17.3 Å². The first-order valence-corrected chi connectivity index (χ1v) is 6.56. The Balaban J connectivity index is 2.32. The van der Waals surface area contributed by atoms with E-state index >= 15 is 0 Å². The van der Waals surface area contributed by atoms with Crippen molar-refractivity contribution in [2.75, 3.05) is 18.8 Å². The highest BCUT2D eigenvalue weighted by molar-refractivity contribution is 6.34. The molecule has 1 fully saturated rings. The maximum Gasteiger partial charge on any atom is 0.256 e. The molecule has 1 atom stereocenters. The lowest BCUT2D eigenvalue weighted by Crippen LogP contribution is -2.56. The Morgan fingerprint density at radius 1 is 1.58 bits per heavy atom. The minimum absolute atomic E-state index is 0.123. The second kappa shape index (κ2) is 5.48. The van der Waals surface area contributed by atoms with E-state index in [0.29, 0.717) is 35.8 Å². The van der Waals surface area contributed by atoms with Crippen molar-refractivity contribution in [3.05, 3.63) is 28.8 Å². The van der Waals surface area contributed by atoms with Crippen molar-refractivity contribution in [1.29, 1.82) is 0 Å². The summed E-state index contributed by atoms with van der Waals surface area (Å²) < 4.78 is 0. The van der Waals surface area contributed by atoms with Gasteiger partial charge in [0.2, 0.25) is 5.91 Å². The van der Waals surface area contributed by atoms with E-state index in [1.807, 2.05) is 6.92 Å². The molecule has 0 saturated carbocycles. The minimum Gasteiger partial charge on any atom is -0.399 e. The monoisotopic (exact) mass is 281 g/mol. The molecule has 1 heterocycles. The van der Waals surface area contributed by atoms with Gasteiger partial charge in [0.25, 0.3) is 5.91 Å². The second-order valence-corrected chi connectivity index (χ2v) is 4.86. The number of hydrogen-bond acceptors (Lipinski definition) is 3. The van der Waals surface area contributed by atoms with Gasteiger partial charge in [0.1, 0.15) is 6.04 Å². The molecule has 5 nitrogen and oxygen atoms in total. The molecule has 0 bridgehead atoms. The number of piperazine rings is 1. The fourth-order valence-corrected chi connectivity index (χ4v) is 2.42. The van der Waals surface area contributed by atoms with Gasteiger partial charge in [-0.05, 0) is 24.6 Å². The molecular weight excluding hydrogens is 266 g/mol. The first-order valence-electron chi connectivity index (χ1n) is 6.18. The Morgan fingerprint density at radius 2 is 2.32 bits per heavy atom. The molecule has 2 amide bonds. The van der Waals surface area contributed by atoms with Gasteiger partial charge in [-0.15, -0.1) is 0 Å². The third kappa shape index (κ3) is 2.66. The van der Waals surface area contributed by atoms with E-state index in [0.717, 1.165) is 0 Å². The Bertz CT molecular complexity index is 519. The fourth-order valence-electron chi connectivity index (χ4n) is 2.23. The molecule has 0 spiro atoms. The zero-order chi connectivity index (χ0) is 14.0. The molecule has 1 aromatic rings. The quantitative estimate of drug-likeness (QED) is 0.802. The van der Waals surface area contributed by atoms with Gasteiger partial charge in [0.05, 0.1) is 10.6 Å². The summed E-state index contributed by atoms with van der Waals surface area (Å²) in [7, 11) is 0. The summed E-state index contributed by atoms with van der Waals surface area (Å²) in [6, 6.07) is 4.33. The van der Waals surface area contributed by atoms with E-state index in [1.54, 1.807) is 23.1 Å². The van der Waals surface area contributed by atoms with Crippen LogP contribution in [0.4, 0.5) is 5.69 Å². The maximum atomic E-state index is 12.5. The van der Waals surface area contributed by atoms with Crippen molar-refractivity contribution < 1.29 is 9.59 Å². The molecule has 102 valence electrons. The summed E-state index contributed by atoms with van der Waals surface area (Å²) in [5.41, 5.74) is 6.50. The van der Waals surface area contributed by atoms with Gasteiger partial charge >= 0.3 is 0 Å². The molecule has 6 heteroatoms. The molecule has 0 radical (unpaired) electrons. The first-order chi connectivity index (χ1) is 9.04. The molecule has 0 aromatic heterocycles. The lowest BCUT2D eigenvalue weighted by Gasteiger charge is -2.34. The number of nitrogens with two attached hydrogens (primary N) is 1. The van der Waals surface area contributed by atoms with E-state index < -0.39 is 6.04 Å². The van der Waals surface area contributed by atoms with Crippen LogP contribution in [0.25, 0.3) is 0 Å². The summed E-state index contributed by atoms with van der Waals surface area (Å²) in [5.74, 6) is -0.374. The van der Waals surface area contributed by atoms with Gasteiger partial charge in [-0.25, -0.2) is 0 Å². The Morgan fingerprint density at radius 3 is 3.00 bits per heavy atom. The van der Waals surface area contributed by atoms with Crippen LogP contribution in [0, 0.1) is 0 Å². The summed E-state index contributed by atoms with van der Waals surface area (Å²) in [5, 5.41) is 3.10. The van der Waals surface area contributed by atoms with Crippen LogP contribution in [0.2, 0.25) is 5.02 Å². The Labute approximate surface area is 116 Å². The predicted octanol–water partition coefficient (Wildman–Crippen LogP) is 1.27. The number of nitrogen functional groups attached to an aromatic ring is 1. The lowest BCUT2D eigenvalue weighted by molar-refractivity contribution is -0.127. The summed E-state index contributed by atoms with van der Waals surface area (Å²) >= 11 is 6.03. The molecule has 0 aliphatic carbocycles. The third-order valence-corrected chi connectivity index (χ3v) is 3.53. The van der Waals surface area contributed by atoms with Gasteiger partial charge in [-0.2, -0.15) is 0 Å². The molecule has 1 saturated heterocycles. The van der Waals surface area contributed by atoms with Crippen LogP contribution >= 0.6 is 11.6 Å². The smallest absolute Gasteiger partial charge is 0.256 e. The number of benzene rings is 1. The fraction of sp³-hybridized carbons (Fsp3) is 0.385. The lowest BCUT2D eigenvalue weighted by atomic mass is 10.1. The van der Waals surface area contributed by atoms with Crippen LogP contribution in [-0.2, 0) is 4.79 Å². The highest BCUT2D eigenvalue weighted by Gasteiger charge is 2.32. The highest BCUT2D eigenvalue weighted by atomic mass is 35.5. The number of anilines is 1. The van der Waals surface area contributed by atoms with Gasteiger partial charge < -0.3 is 16.0 Å². The number of rotatable bonds is 2. The molecule has 3 N–H and O–H groups in total. The van der Waals surface area contributed by atoms with Crippen molar-refractivity contribution in [3.63, 3.8) is 0 Å². The number of amides is 2. The molecule has 1 aliphatic rings. The summed E-state index contributed by atoms with van der Waals surface area (Å²) in [4.78, 5) is 25.8. The molecule has 2 rings (SSSR count). The predicted molar refractivity (Wildman–Crippen MR) is 74.0 cm³/mol. The molecule has 1 aliphatic heterocycles. The number of nitrogens with zero attached hydrogens (tertiary/aromatic N) is 1. The van der Waals surface area contributed by atoms with Crippen molar-refractivity contribution in [2.45, 2.75) is 19.4 Å². The van der Waals surface area contributed by atoms with Crippen molar-refractivity contribution in [1.82, 2.24) is 10.2 Å². The van der Waals surface area contributed by atoms with Gasteiger partial charge in [-0.3, -0.25) is 9.59 Å². The van der Waals surface area contributed by atoms with E-state index in [1.165, 1.54) is 0 Å². The summed E-state index contributed by atoms with van der Waals surface area (Å²) in [6.45, 7) is 2.81. The third-order valence-electron chi connectivity index (χ3n) is 3.20. The van der Waals surface area contributed by atoms with Crippen LogP contribution in [0.3, 0.4) is 0 Å². The number of halogens is 1. The van der Waals surface area contributed by atoms with Crippen molar-refractivity contribution in [3.8, 4) is 0 Å². The van der Waals surface area contributed by atoms with Crippen molar-refractivity contribution >= 4 is 29.1 Å². The van der Waals surface area contributed by atoms with E-state index in [9.17, 15) is 9.59 Å². The molecular formula is C13H16ClN3O2. The largest absolute Gasteiger partial charge is 0.399 e. The molecule has 19 heavy (non-hydrogen) atoms. The average molecular weight is 282 g/mol. The number of carbonyl (C=O) groups excluding carboxylic acids is 2. The van der Waals surface area contributed by atoms with E-state index in [2.05, 4.69) is 5.32 Å². The normalized spacial score (nSPS) is 19.2. The summed E-state index contributed by atoms with van der Waals surface area (Å²) in [6.07, 6.45) is 0.567. The average Bonchev–Trinajstić information content (AvgIpc) is 2.40. The molecule has 1 aromatic carbocycles. The van der Waals surface area contributed by atoms with Gasteiger partial charge in [0, 0.05) is 18.8 Å². The number of nitrogens with one attached hydrogen (secondary N) is 1. The standard InChI is InChI=1S/C13H16ClN3O2/c1-2-11-12(18)16-5-6-17(11)13(19)9-7-8(15)3-4-10(9)14/h3-4,7,11H,2,5-6,15H2,1H3,(H,16,18). The van der Waals surface area contributed by atoms with E-state index in [-0.39, 0.29) is 11.8 Å². The van der Waals surface area contributed by atoms with Crippen LogP contribution < -0.4 is 11.1 Å². The zero-order valence-corrected chi connectivity index (χ0v) is 11.4. The zero-order valence-electron chi connectivity index (χ0n) is 10.6. The van der Waals surface area contributed by atoms with Gasteiger partial charge in [-0.1, -0.05) is 18.5 Å². The van der Waals surface area contributed by atoms with Crippen LogP contribution in [0.15, 0.2) is 18.2 Å². The Kier molecular flexibility index (Phi) is 3.95. The van der Waals surface area contributed by atoms with Crippen molar-refractivity contribution in [2.24, 2.45) is 0 Å². The number of carbonyl (C=O) groups is 2. The highest BCUT2D eigenvalue weighted by Crippen LogP contribution is 2.22. The topological polar surface area (TPSA) is 75.4 Å². The first kappa shape index (κ1) is 13.7. The second-order valence-electron chi connectivity index (χ2n) is 4.45. The Hall–Kier alpha value is -1.75. The maximum absolute atomic E-state index is 12.5. The van der Waals surface area contributed by atoms with Crippen LogP contribution in [0.5, 0.6) is 0 Å². The SMILES string of the molecule is CCC1C(=O)NCCN1C(=O)c1cc(N)ccc1Cl. The number of hydrogen-bond donors (Lipinski definition) is 2. The molecule has 1 unspecified atom stereocenters. The minimum atomic E-state index is -0.446. The van der Waals surface area contributed by atoms with Gasteiger partial charge in [0.15, 0.2) is 0 Å².